The largest absolute Gasteiger partial charge is 0.325 e. The van der Waals surface area contributed by atoms with Gasteiger partial charge in [-0.15, -0.1) is 23.5 Å². The van der Waals surface area contributed by atoms with E-state index < -0.39 is 0 Å². The van der Waals surface area contributed by atoms with Crippen LogP contribution < -0.4 is 10.2 Å². The second-order valence-corrected chi connectivity index (χ2v) is 9.48. The van der Waals surface area contributed by atoms with E-state index in [-0.39, 0.29) is 18.2 Å². The Morgan fingerprint density at radius 3 is 2.71 bits per heavy atom. The average Bonchev–Trinajstić information content (AvgIpc) is 3.22. The molecule has 4 rings (SSSR count). The minimum absolute atomic E-state index is 0.0528. The predicted molar refractivity (Wildman–Crippen MR) is 117 cm³/mol. The first kappa shape index (κ1) is 19.4. The molecule has 2 amide bonds. The van der Waals surface area contributed by atoms with E-state index in [0.29, 0.717) is 17.5 Å². The molecule has 1 fully saturated rings. The van der Waals surface area contributed by atoms with Crippen LogP contribution in [0.25, 0.3) is 0 Å². The summed E-state index contributed by atoms with van der Waals surface area (Å²) in [6.45, 7) is 0.403. The zero-order valence-corrected chi connectivity index (χ0v) is 17.4. The van der Waals surface area contributed by atoms with Crippen LogP contribution in [0, 0.1) is 0 Å². The van der Waals surface area contributed by atoms with Crippen molar-refractivity contribution in [3.63, 3.8) is 0 Å². The van der Waals surface area contributed by atoms with Crippen LogP contribution in [-0.2, 0) is 9.59 Å². The van der Waals surface area contributed by atoms with Crippen LogP contribution in [0.1, 0.15) is 32.1 Å². The summed E-state index contributed by atoms with van der Waals surface area (Å²) in [4.78, 5) is 28.9. The van der Waals surface area contributed by atoms with E-state index in [9.17, 15) is 9.59 Å². The van der Waals surface area contributed by atoms with Crippen LogP contribution >= 0.6 is 23.5 Å². The molecule has 28 heavy (non-hydrogen) atoms. The lowest BCUT2D eigenvalue weighted by Crippen LogP contribution is -2.37. The number of rotatable bonds is 6. The first-order valence-corrected chi connectivity index (χ1v) is 11.6. The number of fused-ring (bicyclic) bond motifs is 1. The topological polar surface area (TPSA) is 49.4 Å². The third-order valence-electron chi connectivity index (χ3n) is 5.13. The van der Waals surface area contributed by atoms with Gasteiger partial charge in [0.15, 0.2) is 0 Å². The minimum Gasteiger partial charge on any atom is -0.325 e. The molecule has 1 N–H and O–H groups in total. The van der Waals surface area contributed by atoms with Gasteiger partial charge in [0.1, 0.15) is 0 Å². The molecular weight excluding hydrogens is 388 g/mol. The van der Waals surface area contributed by atoms with E-state index in [1.54, 1.807) is 16.7 Å². The Bertz CT molecular complexity index is 865. The minimum atomic E-state index is -0.0528. The molecule has 0 radical (unpaired) electrons. The number of carbonyl (C=O) groups is 2. The Balaban J connectivity index is 1.38. The van der Waals surface area contributed by atoms with Crippen molar-refractivity contribution in [3.05, 3.63) is 48.5 Å². The lowest BCUT2D eigenvalue weighted by Gasteiger charge is -2.28. The zero-order chi connectivity index (χ0) is 19.3. The molecule has 0 unspecified atom stereocenters. The second kappa shape index (κ2) is 9.05. The first-order chi connectivity index (χ1) is 13.7. The van der Waals surface area contributed by atoms with Gasteiger partial charge in [-0.2, -0.15) is 0 Å². The molecule has 0 saturated heterocycles. The molecule has 0 atom stereocenters. The van der Waals surface area contributed by atoms with Gasteiger partial charge in [-0.1, -0.05) is 37.1 Å². The maximum absolute atomic E-state index is 12.6. The Labute approximate surface area is 174 Å². The predicted octanol–water partition coefficient (Wildman–Crippen LogP) is 5.19. The fourth-order valence-electron chi connectivity index (χ4n) is 3.68. The first-order valence-electron chi connectivity index (χ1n) is 9.78. The van der Waals surface area contributed by atoms with Crippen molar-refractivity contribution in [2.45, 2.75) is 47.1 Å². The van der Waals surface area contributed by atoms with Crippen molar-refractivity contribution < 1.29 is 9.59 Å². The number of hydrogen-bond acceptors (Lipinski definition) is 4. The standard InChI is InChI=1S/C22H24N2O2S2/c25-21(13-14-24-18-10-4-6-12-20(18)27-15-22(24)26)23-17-9-3-5-11-19(17)28-16-7-1-2-8-16/h3-6,9-12,16H,1-2,7-8,13-15H2,(H,23,25). The number of carbonyl (C=O) groups excluding carboxylic acids is 2. The summed E-state index contributed by atoms with van der Waals surface area (Å²) in [5.41, 5.74) is 1.79. The Kier molecular flexibility index (Phi) is 6.27. The van der Waals surface area contributed by atoms with Gasteiger partial charge in [-0.05, 0) is 37.1 Å². The number of para-hydroxylation sites is 2. The van der Waals surface area contributed by atoms with E-state index in [1.807, 2.05) is 54.2 Å². The molecule has 0 aromatic heterocycles. The molecule has 2 aromatic rings. The molecule has 2 aromatic carbocycles. The SMILES string of the molecule is O=C(CCN1C(=O)CSc2ccccc21)Nc1ccccc1SC1CCCC1. The highest BCUT2D eigenvalue weighted by Crippen LogP contribution is 2.38. The van der Waals surface area contributed by atoms with Crippen molar-refractivity contribution in [2.24, 2.45) is 0 Å². The quantitative estimate of drug-likeness (QED) is 0.709. The number of benzene rings is 2. The van der Waals surface area contributed by atoms with Crippen LogP contribution in [0.5, 0.6) is 0 Å². The molecular formula is C22H24N2O2S2. The van der Waals surface area contributed by atoms with E-state index in [0.717, 1.165) is 21.2 Å². The maximum atomic E-state index is 12.6. The van der Waals surface area contributed by atoms with E-state index in [4.69, 9.17) is 0 Å². The summed E-state index contributed by atoms with van der Waals surface area (Å²) < 4.78 is 0. The third kappa shape index (κ3) is 4.55. The summed E-state index contributed by atoms with van der Waals surface area (Å²) in [7, 11) is 0. The van der Waals surface area contributed by atoms with Gasteiger partial charge in [0.25, 0.3) is 0 Å². The molecule has 0 spiro atoms. The van der Waals surface area contributed by atoms with E-state index >= 15 is 0 Å². The Morgan fingerprint density at radius 2 is 1.86 bits per heavy atom. The highest BCUT2D eigenvalue weighted by atomic mass is 32.2. The summed E-state index contributed by atoms with van der Waals surface area (Å²) >= 11 is 3.43. The number of nitrogens with zero attached hydrogens (tertiary/aromatic N) is 1. The van der Waals surface area contributed by atoms with Crippen LogP contribution in [0.3, 0.4) is 0 Å². The van der Waals surface area contributed by atoms with E-state index in [1.165, 1.54) is 25.7 Å². The molecule has 0 bridgehead atoms. The third-order valence-corrected chi connectivity index (χ3v) is 7.59. The normalized spacial score (nSPS) is 16.9. The second-order valence-electron chi connectivity index (χ2n) is 7.12. The van der Waals surface area contributed by atoms with Crippen LogP contribution in [-0.4, -0.2) is 29.4 Å². The molecule has 1 heterocycles. The lowest BCUT2D eigenvalue weighted by molar-refractivity contribution is -0.117. The van der Waals surface area contributed by atoms with Crippen molar-refractivity contribution >= 4 is 46.7 Å². The molecule has 1 saturated carbocycles. The van der Waals surface area contributed by atoms with Crippen molar-refractivity contribution in [2.75, 3.05) is 22.5 Å². The number of amides is 2. The number of thioether (sulfide) groups is 2. The summed E-state index contributed by atoms with van der Waals surface area (Å²) in [5, 5.41) is 3.71. The van der Waals surface area contributed by atoms with E-state index in [2.05, 4.69) is 11.4 Å². The fourth-order valence-corrected chi connectivity index (χ4v) is 5.95. The number of hydrogen-bond donors (Lipinski definition) is 1. The smallest absolute Gasteiger partial charge is 0.237 e. The fraction of sp³-hybridized carbons (Fsp3) is 0.364. The number of anilines is 2. The Hall–Kier alpha value is -1.92. The molecule has 4 nitrogen and oxygen atoms in total. The maximum Gasteiger partial charge on any atom is 0.237 e. The van der Waals surface area contributed by atoms with Crippen molar-refractivity contribution in [3.8, 4) is 0 Å². The van der Waals surface area contributed by atoms with Gasteiger partial charge in [0.05, 0.1) is 17.1 Å². The number of nitrogens with one attached hydrogen (secondary N) is 1. The molecule has 1 aliphatic carbocycles. The molecule has 146 valence electrons. The molecule has 6 heteroatoms. The van der Waals surface area contributed by atoms with Gasteiger partial charge in [0, 0.05) is 28.0 Å². The zero-order valence-electron chi connectivity index (χ0n) is 15.7. The summed E-state index contributed by atoms with van der Waals surface area (Å²) in [5.74, 6) is 0.441. The van der Waals surface area contributed by atoms with Gasteiger partial charge in [-0.3, -0.25) is 9.59 Å². The summed E-state index contributed by atoms with van der Waals surface area (Å²) in [6.07, 6.45) is 5.39. The van der Waals surface area contributed by atoms with Gasteiger partial charge in [-0.25, -0.2) is 0 Å². The van der Waals surface area contributed by atoms with Gasteiger partial charge < -0.3 is 10.2 Å². The van der Waals surface area contributed by atoms with Crippen LogP contribution in [0.4, 0.5) is 11.4 Å². The lowest BCUT2D eigenvalue weighted by atomic mass is 10.2. The Morgan fingerprint density at radius 1 is 1.11 bits per heavy atom. The van der Waals surface area contributed by atoms with Gasteiger partial charge in [0.2, 0.25) is 11.8 Å². The summed E-state index contributed by atoms with van der Waals surface area (Å²) in [6, 6.07) is 15.9. The highest BCUT2D eigenvalue weighted by Gasteiger charge is 2.25. The average molecular weight is 413 g/mol. The monoisotopic (exact) mass is 412 g/mol. The highest BCUT2D eigenvalue weighted by molar-refractivity contribution is 8.00. The molecule has 2 aliphatic rings. The van der Waals surface area contributed by atoms with Crippen LogP contribution in [0.2, 0.25) is 0 Å². The molecule has 1 aliphatic heterocycles. The van der Waals surface area contributed by atoms with Gasteiger partial charge >= 0.3 is 0 Å². The van der Waals surface area contributed by atoms with Crippen molar-refractivity contribution in [1.82, 2.24) is 0 Å². The van der Waals surface area contributed by atoms with Crippen LogP contribution in [0.15, 0.2) is 58.3 Å². The van der Waals surface area contributed by atoms with Crippen molar-refractivity contribution in [1.29, 1.82) is 0 Å².